The maximum Gasteiger partial charge on any atom is 0.220 e. The Kier molecular flexibility index (Phi) is 6.53. The molecule has 2 bridgehead atoms. The van der Waals surface area contributed by atoms with Crippen molar-refractivity contribution in [3.05, 3.63) is 0 Å². The molecule has 0 aromatic rings. The van der Waals surface area contributed by atoms with Gasteiger partial charge in [0, 0.05) is 38.1 Å². The van der Waals surface area contributed by atoms with Crippen molar-refractivity contribution in [2.45, 2.75) is 57.0 Å². The Hall–Kier alpha value is -0.650. The molecule has 5 heteroatoms. The van der Waals surface area contributed by atoms with Crippen LogP contribution in [0.4, 0.5) is 0 Å². The molecule has 3 fully saturated rings. The van der Waals surface area contributed by atoms with Crippen molar-refractivity contribution >= 4 is 5.91 Å². The van der Waals surface area contributed by atoms with Crippen molar-refractivity contribution in [1.82, 2.24) is 20.4 Å². The Bertz CT molecular complexity index is 394. The van der Waals surface area contributed by atoms with Gasteiger partial charge in [0.05, 0.1) is 0 Å². The lowest BCUT2D eigenvalue weighted by Crippen LogP contribution is -2.42. The number of piperidine rings is 2. The number of hydrogen-bond acceptors (Lipinski definition) is 4. The van der Waals surface area contributed by atoms with Crippen LogP contribution in [0.25, 0.3) is 0 Å². The molecule has 3 heterocycles. The van der Waals surface area contributed by atoms with Crippen LogP contribution in [0.1, 0.15) is 44.9 Å². The minimum Gasteiger partial charge on any atom is -0.356 e. The first-order chi connectivity index (χ1) is 11.6. The Morgan fingerprint density at radius 1 is 1.08 bits per heavy atom. The van der Waals surface area contributed by atoms with E-state index in [1.165, 1.54) is 58.2 Å². The van der Waals surface area contributed by atoms with Gasteiger partial charge in [-0.25, -0.2) is 0 Å². The van der Waals surface area contributed by atoms with E-state index in [1.54, 1.807) is 0 Å². The third-order valence-electron chi connectivity index (χ3n) is 6.20. The summed E-state index contributed by atoms with van der Waals surface area (Å²) in [5.41, 5.74) is 0. The Morgan fingerprint density at radius 2 is 1.75 bits per heavy atom. The van der Waals surface area contributed by atoms with E-state index in [1.807, 2.05) is 0 Å². The van der Waals surface area contributed by atoms with Crippen molar-refractivity contribution in [2.24, 2.45) is 11.8 Å². The highest BCUT2D eigenvalue weighted by atomic mass is 16.1. The minimum atomic E-state index is 0.288. The quantitative estimate of drug-likeness (QED) is 0.736. The second-order valence-corrected chi connectivity index (χ2v) is 8.57. The predicted molar refractivity (Wildman–Crippen MR) is 98.0 cm³/mol. The van der Waals surface area contributed by atoms with Gasteiger partial charge in [0.15, 0.2) is 0 Å². The van der Waals surface area contributed by atoms with Crippen LogP contribution >= 0.6 is 0 Å². The first-order valence-electron chi connectivity index (χ1n) is 9.98. The molecule has 138 valence electrons. The zero-order chi connectivity index (χ0) is 16.9. The number of carbonyl (C=O) groups excluding carboxylic acids is 1. The first kappa shape index (κ1) is 18.2. The normalized spacial score (nSPS) is 31.5. The molecule has 3 saturated heterocycles. The summed E-state index contributed by atoms with van der Waals surface area (Å²) in [7, 11) is 4.27. The minimum absolute atomic E-state index is 0.288. The highest BCUT2D eigenvalue weighted by Crippen LogP contribution is 2.32. The standard InChI is InChI=1S/C19H36N4O/c1-22(2)9-10-23-7-5-15(6-8-23)14-20-19(24)13-16-11-17-3-4-18(12-16)21-17/h15-18,21H,3-14H2,1-2H3,(H,20,24). The largest absolute Gasteiger partial charge is 0.356 e. The van der Waals surface area contributed by atoms with E-state index >= 15 is 0 Å². The molecule has 3 aliphatic heterocycles. The van der Waals surface area contributed by atoms with Crippen molar-refractivity contribution in [3.63, 3.8) is 0 Å². The lowest BCUT2D eigenvalue weighted by atomic mass is 9.89. The molecule has 2 atom stereocenters. The average Bonchev–Trinajstić information content (AvgIpc) is 2.90. The molecular formula is C19H36N4O. The average molecular weight is 337 g/mol. The lowest BCUT2D eigenvalue weighted by molar-refractivity contribution is -0.122. The van der Waals surface area contributed by atoms with Crippen LogP contribution in [-0.4, -0.2) is 74.6 Å². The van der Waals surface area contributed by atoms with Crippen molar-refractivity contribution in [1.29, 1.82) is 0 Å². The fourth-order valence-electron chi connectivity index (χ4n) is 4.69. The summed E-state index contributed by atoms with van der Waals surface area (Å²) < 4.78 is 0. The molecule has 1 amide bonds. The van der Waals surface area contributed by atoms with Crippen LogP contribution in [-0.2, 0) is 4.79 Å². The van der Waals surface area contributed by atoms with Gasteiger partial charge in [0.2, 0.25) is 5.91 Å². The second kappa shape index (κ2) is 8.63. The van der Waals surface area contributed by atoms with Gasteiger partial charge >= 0.3 is 0 Å². The van der Waals surface area contributed by atoms with Crippen LogP contribution in [0.3, 0.4) is 0 Å². The molecule has 0 aliphatic carbocycles. The Balaban J connectivity index is 1.28. The number of rotatable bonds is 7. The molecule has 2 N–H and O–H groups in total. The molecule has 5 nitrogen and oxygen atoms in total. The van der Waals surface area contributed by atoms with Gasteiger partial charge in [-0.05, 0) is 77.5 Å². The SMILES string of the molecule is CN(C)CCN1CCC(CNC(=O)CC2CC3CCC(C2)N3)CC1. The highest BCUT2D eigenvalue weighted by Gasteiger charge is 2.34. The van der Waals surface area contributed by atoms with Gasteiger partial charge < -0.3 is 20.4 Å². The third kappa shape index (κ3) is 5.43. The summed E-state index contributed by atoms with van der Waals surface area (Å²) in [6, 6.07) is 1.38. The van der Waals surface area contributed by atoms with Gasteiger partial charge in [-0.2, -0.15) is 0 Å². The summed E-state index contributed by atoms with van der Waals surface area (Å²) in [6.07, 6.45) is 8.24. The van der Waals surface area contributed by atoms with Gasteiger partial charge in [-0.3, -0.25) is 4.79 Å². The van der Waals surface area contributed by atoms with Crippen molar-refractivity contribution in [2.75, 3.05) is 46.8 Å². The maximum absolute atomic E-state index is 12.3. The van der Waals surface area contributed by atoms with Gasteiger partial charge in [0.25, 0.3) is 0 Å². The fraction of sp³-hybridized carbons (Fsp3) is 0.947. The predicted octanol–water partition coefficient (Wildman–Crippen LogP) is 1.30. The summed E-state index contributed by atoms with van der Waals surface area (Å²) in [5, 5.41) is 6.89. The number of nitrogens with zero attached hydrogens (tertiary/aromatic N) is 2. The molecule has 2 unspecified atom stereocenters. The monoisotopic (exact) mass is 336 g/mol. The molecule has 0 radical (unpaired) electrons. The van der Waals surface area contributed by atoms with E-state index in [2.05, 4.69) is 34.5 Å². The molecule has 3 rings (SSSR count). The first-order valence-corrected chi connectivity index (χ1v) is 9.98. The topological polar surface area (TPSA) is 47.6 Å². The van der Waals surface area contributed by atoms with E-state index in [9.17, 15) is 4.79 Å². The second-order valence-electron chi connectivity index (χ2n) is 8.57. The number of nitrogens with one attached hydrogen (secondary N) is 2. The van der Waals surface area contributed by atoms with Gasteiger partial charge in [-0.15, -0.1) is 0 Å². The summed E-state index contributed by atoms with van der Waals surface area (Å²) in [6.45, 7) is 5.57. The third-order valence-corrected chi connectivity index (χ3v) is 6.20. The smallest absolute Gasteiger partial charge is 0.220 e. The summed E-state index contributed by atoms with van der Waals surface area (Å²) >= 11 is 0. The Morgan fingerprint density at radius 3 is 2.38 bits per heavy atom. The molecular weight excluding hydrogens is 300 g/mol. The summed E-state index contributed by atoms with van der Waals surface area (Å²) in [5.74, 6) is 1.57. The van der Waals surface area contributed by atoms with Crippen LogP contribution < -0.4 is 10.6 Å². The number of hydrogen-bond donors (Lipinski definition) is 2. The zero-order valence-electron chi connectivity index (χ0n) is 15.6. The van der Waals surface area contributed by atoms with Crippen LogP contribution in [0.5, 0.6) is 0 Å². The van der Waals surface area contributed by atoms with E-state index in [0.717, 1.165) is 19.5 Å². The van der Waals surface area contributed by atoms with Gasteiger partial charge in [0.1, 0.15) is 0 Å². The molecule has 0 saturated carbocycles. The lowest BCUT2D eigenvalue weighted by Gasteiger charge is -2.33. The van der Waals surface area contributed by atoms with Crippen molar-refractivity contribution in [3.8, 4) is 0 Å². The number of fused-ring (bicyclic) bond motifs is 2. The van der Waals surface area contributed by atoms with Crippen LogP contribution in [0.15, 0.2) is 0 Å². The Labute approximate surface area is 147 Å². The molecule has 0 aromatic heterocycles. The maximum atomic E-state index is 12.3. The van der Waals surface area contributed by atoms with E-state index in [-0.39, 0.29) is 5.91 Å². The number of likely N-dealkylation sites (tertiary alicyclic amines) is 1. The zero-order valence-corrected chi connectivity index (χ0v) is 15.6. The molecule has 0 spiro atoms. The fourth-order valence-corrected chi connectivity index (χ4v) is 4.69. The molecule has 3 aliphatic rings. The molecule has 24 heavy (non-hydrogen) atoms. The van der Waals surface area contributed by atoms with Gasteiger partial charge in [-0.1, -0.05) is 0 Å². The van der Waals surface area contributed by atoms with Crippen molar-refractivity contribution < 1.29 is 4.79 Å². The molecule has 0 aromatic carbocycles. The van der Waals surface area contributed by atoms with E-state index in [4.69, 9.17) is 0 Å². The van der Waals surface area contributed by atoms with E-state index in [0.29, 0.717) is 23.9 Å². The van der Waals surface area contributed by atoms with E-state index < -0.39 is 0 Å². The highest BCUT2D eigenvalue weighted by molar-refractivity contribution is 5.76. The number of amides is 1. The number of carbonyl (C=O) groups is 1. The van der Waals surface area contributed by atoms with Crippen LogP contribution in [0, 0.1) is 11.8 Å². The number of likely N-dealkylation sites (N-methyl/N-ethyl adjacent to an activating group) is 1. The summed E-state index contributed by atoms with van der Waals surface area (Å²) in [4.78, 5) is 17.1. The van der Waals surface area contributed by atoms with Crippen LogP contribution in [0.2, 0.25) is 0 Å².